The van der Waals surface area contributed by atoms with E-state index in [4.69, 9.17) is 21.3 Å². The predicted molar refractivity (Wildman–Crippen MR) is 80.8 cm³/mol. The van der Waals surface area contributed by atoms with Gasteiger partial charge in [0.2, 0.25) is 5.95 Å². The molecule has 1 aromatic carbocycles. The van der Waals surface area contributed by atoms with Gasteiger partial charge in [-0.05, 0) is 6.07 Å². The molecule has 0 spiro atoms. The van der Waals surface area contributed by atoms with Gasteiger partial charge in [-0.3, -0.25) is 10.1 Å². The lowest BCUT2D eigenvalue weighted by Gasteiger charge is -2.12. The molecule has 0 aliphatic heterocycles. The molecule has 0 aliphatic carbocycles. The average molecular weight is 330 g/mol. The van der Waals surface area contributed by atoms with Gasteiger partial charge in [0.25, 0.3) is 5.69 Å². The molecule has 0 saturated heterocycles. The van der Waals surface area contributed by atoms with E-state index in [1.807, 2.05) is 0 Å². The van der Waals surface area contributed by atoms with E-state index < -0.39 is 17.5 Å². The van der Waals surface area contributed by atoms with Crippen molar-refractivity contribution in [3.8, 4) is 23.1 Å². The molecule has 5 N–H and O–H groups in total. The summed E-state index contributed by atoms with van der Waals surface area (Å²) in [6.45, 7) is -0.692. The van der Waals surface area contributed by atoms with Gasteiger partial charge in [0.15, 0.2) is 6.61 Å². The number of hydrogen-bond donors (Lipinski definition) is 3. The molecular formula is C13H10N6O5. The predicted octanol–water partition coefficient (Wildman–Crippen LogP) is 0.551. The number of rotatable bonds is 5. The van der Waals surface area contributed by atoms with Crippen molar-refractivity contribution >= 4 is 23.4 Å². The fourth-order valence-corrected chi connectivity index (χ4v) is 1.88. The van der Waals surface area contributed by atoms with Crippen LogP contribution in [0, 0.1) is 21.4 Å². The van der Waals surface area contributed by atoms with E-state index in [-0.39, 0.29) is 40.0 Å². The molecule has 122 valence electrons. The lowest BCUT2D eigenvalue weighted by molar-refractivity contribution is -0.384. The summed E-state index contributed by atoms with van der Waals surface area (Å²) in [6.07, 6.45) is 0. The van der Waals surface area contributed by atoms with Crippen molar-refractivity contribution in [2.24, 2.45) is 0 Å². The van der Waals surface area contributed by atoms with Gasteiger partial charge in [-0.25, -0.2) is 9.78 Å². The van der Waals surface area contributed by atoms with Crippen molar-refractivity contribution in [3.63, 3.8) is 0 Å². The lowest BCUT2D eigenvalue weighted by atomic mass is 10.0. The van der Waals surface area contributed by atoms with Gasteiger partial charge in [0.05, 0.1) is 16.2 Å². The molecule has 1 aromatic heterocycles. The van der Waals surface area contributed by atoms with Crippen molar-refractivity contribution in [2.45, 2.75) is 0 Å². The molecule has 24 heavy (non-hydrogen) atoms. The molecule has 11 heteroatoms. The van der Waals surface area contributed by atoms with E-state index in [0.29, 0.717) is 0 Å². The third-order valence-electron chi connectivity index (χ3n) is 2.85. The maximum Gasteiger partial charge on any atom is 0.341 e. The van der Waals surface area contributed by atoms with Gasteiger partial charge in [0, 0.05) is 12.1 Å². The summed E-state index contributed by atoms with van der Waals surface area (Å²) >= 11 is 0. The first-order chi connectivity index (χ1) is 11.3. The van der Waals surface area contributed by atoms with E-state index in [2.05, 4.69) is 9.97 Å². The third kappa shape index (κ3) is 3.28. The monoisotopic (exact) mass is 330 g/mol. The fraction of sp³-hybridized carbons (Fsp3) is 0.0769. The maximum atomic E-state index is 11.0. The van der Waals surface area contributed by atoms with E-state index in [0.717, 1.165) is 12.1 Å². The number of carboxylic acids is 1. The molecule has 0 aliphatic rings. The Kier molecular flexibility index (Phi) is 4.41. The smallest absolute Gasteiger partial charge is 0.341 e. The van der Waals surface area contributed by atoms with Crippen LogP contribution in [0.4, 0.5) is 17.5 Å². The minimum absolute atomic E-state index is 0.00259. The molecule has 0 bridgehead atoms. The van der Waals surface area contributed by atoms with Crippen molar-refractivity contribution < 1.29 is 19.6 Å². The highest BCUT2D eigenvalue weighted by molar-refractivity contribution is 5.79. The second-order valence-electron chi connectivity index (χ2n) is 4.42. The number of nitro benzene ring substituents is 1. The molecule has 0 amide bonds. The second-order valence-corrected chi connectivity index (χ2v) is 4.42. The first kappa shape index (κ1) is 16.4. The number of aliphatic carboxylic acids is 1. The van der Waals surface area contributed by atoms with E-state index >= 15 is 0 Å². The highest BCUT2D eigenvalue weighted by Crippen LogP contribution is 2.35. The molecule has 0 radical (unpaired) electrons. The van der Waals surface area contributed by atoms with Crippen LogP contribution in [-0.2, 0) is 4.79 Å². The number of ether oxygens (including phenoxy) is 1. The summed E-state index contributed by atoms with van der Waals surface area (Å²) in [5, 5.41) is 28.9. The quantitative estimate of drug-likeness (QED) is 0.515. The van der Waals surface area contributed by atoms with E-state index in [1.54, 1.807) is 6.07 Å². The Morgan fingerprint density at radius 1 is 1.42 bits per heavy atom. The molecule has 2 rings (SSSR count). The first-order valence-electron chi connectivity index (χ1n) is 6.30. The van der Waals surface area contributed by atoms with E-state index in [1.165, 1.54) is 6.07 Å². The molecule has 2 aromatic rings. The van der Waals surface area contributed by atoms with Gasteiger partial charge in [0.1, 0.15) is 23.2 Å². The van der Waals surface area contributed by atoms with Crippen LogP contribution < -0.4 is 16.2 Å². The number of nitro groups is 1. The summed E-state index contributed by atoms with van der Waals surface area (Å²) in [4.78, 5) is 28.5. The number of nitriles is 1. The Bertz CT molecular complexity index is 876. The Balaban J connectivity index is 2.71. The minimum atomic E-state index is -1.25. The van der Waals surface area contributed by atoms with E-state index in [9.17, 15) is 20.2 Å². The van der Waals surface area contributed by atoms with Crippen LogP contribution in [0.1, 0.15) is 5.56 Å². The molecule has 0 fully saturated rings. The van der Waals surface area contributed by atoms with Crippen LogP contribution in [0.2, 0.25) is 0 Å². The molecule has 0 saturated carbocycles. The molecule has 11 nitrogen and oxygen atoms in total. The second kappa shape index (κ2) is 6.44. The number of non-ortho nitro benzene ring substituents is 1. The van der Waals surface area contributed by atoms with Crippen molar-refractivity contribution in [2.75, 3.05) is 18.1 Å². The van der Waals surface area contributed by atoms with Crippen LogP contribution in [0.25, 0.3) is 11.3 Å². The van der Waals surface area contributed by atoms with Gasteiger partial charge >= 0.3 is 5.97 Å². The number of benzene rings is 1. The van der Waals surface area contributed by atoms with Crippen LogP contribution in [0.15, 0.2) is 18.2 Å². The number of carboxylic acid groups (broad SMARTS) is 1. The normalized spacial score (nSPS) is 9.96. The molecule has 1 heterocycles. The average Bonchev–Trinajstić information content (AvgIpc) is 2.51. The third-order valence-corrected chi connectivity index (χ3v) is 2.85. The Morgan fingerprint density at radius 3 is 2.71 bits per heavy atom. The maximum absolute atomic E-state index is 11.0. The van der Waals surface area contributed by atoms with Crippen LogP contribution in [0.5, 0.6) is 5.75 Å². The number of nitrogen functional groups attached to an aromatic ring is 2. The number of carbonyl (C=O) groups is 1. The zero-order valence-corrected chi connectivity index (χ0v) is 12.0. The number of anilines is 2. The highest BCUT2D eigenvalue weighted by Gasteiger charge is 2.20. The van der Waals surface area contributed by atoms with Crippen LogP contribution >= 0.6 is 0 Å². The zero-order chi connectivity index (χ0) is 17.9. The van der Waals surface area contributed by atoms with Gasteiger partial charge in [-0.2, -0.15) is 10.2 Å². The summed E-state index contributed by atoms with van der Waals surface area (Å²) in [5.74, 6) is -1.74. The Hall–Kier alpha value is -3.94. The Morgan fingerprint density at radius 2 is 2.12 bits per heavy atom. The fourth-order valence-electron chi connectivity index (χ4n) is 1.88. The summed E-state index contributed by atoms with van der Waals surface area (Å²) < 4.78 is 5.09. The van der Waals surface area contributed by atoms with Gasteiger partial charge in [-0.15, -0.1) is 0 Å². The SMILES string of the molecule is N#Cc1c(N)nc(N)nc1-c1cc([N+](=O)[O-])ccc1OCC(=O)O. The van der Waals surface area contributed by atoms with Crippen LogP contribution in [0.3, 0.4) is 0 Å². The minimum Gasteiger partial charge on any atom is -0.481 e. The summed E-state index contributed by atoms with van der Waals surface area (Å²) in [6, 6.07) is 5.19. The lowest BCUT2D eigenvalue weighted by Crippen LogP contribution is -2.11. The van der Waals surface area contributed by atoms with Gasteiger partial charge in [-0.1, -0.05) is 0 Å². The molecule has 0 atom stereocenters. The number of nitrogens with zero attached hydrogens (tertiary/aromatic N) is 4. The largest absolute Gasteiger partial charge is 0.481 e. The topological polar surface area (TPSA) is 191 Å². The van der Waals surface area contributed by atoms with Crippen molar-refractivity contribution in [1.29, 1.82) is 5.26 Å². The molecular weight excluding hydrogens is 320 g/mol. The van der Waals surface area contributed by atoms with Crippen molar-refractivity contribution in [3.05, 3.63) is 33.9 Å². The Labute approximate surface area is 134 Å². The highest BCUT2D eigenvalue weighted by atomic mass is 16.6. The number of hydrogen-bond acceptors (Lipinski definition) is 9. The standard InChI is InChI=1S/C13H10N6O5/c14-4-8-11(17-13(16)18-12(8)15)7-3-6(19(22)23)1-2-9(7)24-5-10(20)21/h1-3H,5H2,(H,20,21)(H4,15,16,17,18). The number of aromatic nitrogens is 2. The first-order valence-corrected chi connectivity index (χ1v) is 6.30. The summed E-state index contributed by atoms with van der Waals surface area (Å²) in [5.41, 5.74) is 10.6. The van der Waals surface area contributed by atoms with Crippen LogP contribution in [-0.4, -0.2) is 32.6 Å². The van der Waals surface area contributed by atoms with Crippen molar-refractivity contribution in [1.82, 2.24) is 9.97 Å². The number of nitrogens with two attached hydrogens (primary N) is 2. The molecule has 0 unspecified atom stereocenters. The zero-order valence-electron chi connectivity index (χ0n) is 12.0. The summed E-state index contributed by atoms with van der Waals surface area (Å²) in [7, 11) is 0. The van der Waals surface area contributed by atoms with Gasteiger partial charge < -0.3 is 21.3 Å².